The molecule has 1 aromatic rings. The van der Waals surface area contributed by atoms with Gasteiger partial charge in [0, 0.05) is 60.6 Å². The van der Waals surface area contributed by atoms with Crippen LogP contribution < -0.4 is 5.32 Å². The second-order valence-corrected chi connectivity index (χ2v) is 11.8. The van der Waals surface area contributed by atoms with E-state index in [9.17, 15) is 0 Å². The lowest BCUT2D eigenvalue weighted by molar-refractivity contribution is -0.179. The lowest BCUT2D eigenvalue weighted by Crippen LogP contribution is -2.65. The average Bonchev–Trinajstić information content (AvgIpc) is 3.72. The number of hydrogen-bond donors (Lipinski definition) is 1. The van der Waals surface area contributed by atoms with Crippen molar-refractivity contribution in [2.45, 2.75) is 47.0 Å². The number of hydrogen-bond acceptors (Lipinski definition) is 5. The number of allylic oxidation sites excluding steroid dienone is 5. The third-order valence-electron chi connectivity index (χ3n) is 8.61. The third-order valence-corrected chi connectivity index (χ3v) is 8.61. The smallest absolute Gasteiger partial charge is 0.0579 e. The Balaban J connectivity index is 1.41. The van der Waals surface area contributed by atoms with Gasteiger partial charge < -0.3 is 19.9 Å². The van der Waals surface area contributed by atoms with Crippen LogP contribution in [0, 0.1) is 24.2 Å². The first-order valence-electron chi connectivity index (χ1n) is 14.4. The van der Waals surface area contributed by atoms with Crippen LogP contribution >= 0.6 is 0 Å². The predicted octanol–water partition coefficient (Wildman–Crippen LogP) is 7.18. The maximum Gasteiger partial charge on any atom is 0.0579 e. The summed E-state index contributed by atoms with van der Waals surface area (Å²) in [6, 6.07) is 6.64. The quantitative estimate of drug-likeness (QED) is 0.329. The van der Waals surface area contributed by atoms with Gasteiger partial charge in [0.1, 0.15) is 0 Å². The van der Waals surface area contributed by atoms with E-state index >= 15 is 0 Å². The Labute approximate surface area is 235 Å². The van der Waals surface area contributed by atoms with Crippen LogP contribution in [0.1, 0.15) is 51.2 Å². The topological polar surface area (TPSA) is 40.1 Å². The first kappa shape index (κ1) is 27.3. The molecule has 1 spiro atoms. The van der Waals surface area contributed by atoms with Gasteiger partial charge in [-0.05, 0) is 68.4 Å². The molecule has 0 aromatic heterocycles. The SMILES string of the molecule is C=C/C(C(=C)Nc1cc(C(=N/C(=C\C)C2CC2)C(C)CC)ccc1C)=C1/C=C(N2CC3(COC3)C2)C=CN1C. The van der Waals surface area contributed by atoms with E-state index in [1.807, 2.05) is 6.08 Å². The van der Waals surface area contributed by atoms with Crippen LogP contribution in [0.3, 0.4) is 0 Å². The lowest BCUT2D eigenvalue weighted by atomic mass is 9.77. The molecule has 5 rings (SSSR count). The minimum Gasteiger partial charge on any atom is -0.380 e. The zero-order chi connectivity index (χ0) is 27.7. The summed E-state index contributed by atoms with van der Waals surface area (Å²) in [6.45, 7) is 21.3. The molecule has 1 unspecified atom stereocenters. The number of nitrogens with zero attached hydrogens (tertiary/aromatic N) is 3. The summed E-state index contributed by atoms with van der Waals surface area (Å²) in [4.78, 5) is 9.79. The minimum absolute atomic E-state index is 0.376. The molecule has 3 heterocycles. The predicted molar refractivity (Wildman–Crippen MR) is 163 cm³/mol. The van der Waals surface area contributed by atoms with Crippen molar-refractivity contribution in [1.29, 1.82) is 0 Å². The number of benzene rings is 1. The van der Waals surface area contributed by atoms with Crippen LogP contribution in [0.5, 0.6) is 0 Å². The van der Waals surface area contributed by atoms with Crippen LogP contribution in [0.4, 0.5) is 5.69 Å². The largest absolute Gasteiger partial charge is 0.380 e. The summed E-state index contributed by atoms with van der Waals surface area (Å²) >= 11 is 0. The number of aryl methyl sites for hydroxylation is 1. The van der Waals surface area contributed by atoms with Gasteiger partial charge in [0.15, 0.2) is 0 Å². The Bertz CT molecular complexity index is 1290. The minimum atomic E-state index is 0.376. The van der Waals surface area contributed by atoms with E-state index in [0.717, 1.165) is 55.4 Å². The van der Waals surface area contributed by atoms with E-state index in [1.54, 1.807) is 0 Å². The van der Waals surface area contributed by atoms with Crippen molar-refractivity contribution in [3.63, 3.8) is 0 Å². The number of likely N-dealkylation sites (N-methyl/N-ethyl adjacent to an activating group) is 1. The molecule has 4 aliphatic rings. The second kappa shape index (κ2) is 11.1. The molecular weight excluding hydrogens is 480 g/mol. The van der Waals surface area contributed by atoms with Gasteiger partial charge in [-0.2, -0.15) is 0 Å². The standard InChI is InChI=1S/C34H44N4O/c1-8-23(4)33(36-30(10-3)26-13-14-26)27-12-11-24(5)31(17-27)35-25(6)29(9-2)32-18-28(15-16-37(32)7)38-19-34(20-38)21-39-22-34/h9-12,15-18,23,26,35H,2,6,8,13-14,19-22H2,1,3-5,7H3/b30-10-,32-29+,36-33?. The maximum atomic E-state index is 5.46. The molecule has 1 aromatic carbocycles. The molecule has 0 radical (unpaired) electrons. The molecule has 1 saturated carbocycles. The monoisotopic (exact) mass is 524 g/mol. The van der Waals surface area contributed by atoms with Crippen molar-refractivity contribution in [3.05, 3.63) is 101 Å². The maximum absolute atomic E-state index is 5.46. The number of nitrogens with one attached hydrogen (secondary N) is 1. The molecule has 3 fully saturated rings. The van der Waals surface area contributed by atoms with Crippen LogP contribution in [-0.4, -0.2) is 48.9 Å². The molecule has 206 valence electrons. The Hall–Kier alpha value is -3.31. The van der Waals surface area contributed by atoms with Crippen molar-refractivity contribution in [1.82, 2.24) is 9.80 Å². The van der Waals surface area contributed by atoms with Crippen molar-refractivity contribution >= 4 is 11.4 Å². The molecule has 1 aliphatic carbocycles. The van der Waals surface area contributed by atoms with E-state index in [4.69, 9.17) is 9.73 Å². The Kier molecular flexibility index (Phi) is 7.73. The van der Waals surface area contributed by atoms with E-state index in [1.165, 1.54) is 41.1 Å². The molecular formula is C34H44N4O. The number of anilines is 1. The molecule has 5 heteroatoms. The number of likely N-dealkylation sites (tertiary alicyclic amines) is 1. The van der Waals surface area contributed by atoms with Crippen molar-refractivity contribution < 1.29 is 4.74 Å². The van der Waals surface area contributed by atoms with Gasteiger partial charge in [0.2, 0.25) is 0 Å². The van der Waals surface area contributed by atoms with Gasteiger partial charge in [0.05, 0.1) is 30.0 Å². The van der Waals surface area contributed by atoms with E-state index < -0.39 is 0 Å². The summed E-state index contributed by atoms with van der Waals surface area (Å²) in [5.41, 5.74) is 10.3. The number of ether oxygens (including phenoxy) is 1. The normalized spacial score (nSPS) is 22.6. The summed E-state index contributed by atoms with van der Waals surface area (Å²) < 4.78 is 5.46. The van der Waals surface area contributed by atoms with Crippen LogP contribution in [0.15, 0.2) is 95.2 Å². The Morgan fingerprint density at radius 3 is 2.62 bits per heavy atom. The highest BCUT2D eigenvalue weighted by Crippen LogP contribution is 2.41. The lowest BCUT2D eigenvalue weighted by Gasteiger charge is -2.56. The van der Waals surface area contributed by atoms with Gasteiger partial charge in [0.25, 0.3) is 0 Å². The second-order valence-electron chi connectivity index (χ2n) is 11.8. The van der Waals surface area contributed by atoms with Gasteiger partial charge >= 0.3 is 0 Å². The van der Waals surface area contributed by atoms with E-state index in [2.05, 4.69) is 106 Å². The molecule has 0 amide bonds. The first-order chi connectivity index (χ1) is 18.8. The number of aliphatic imine (C=N–C) groups is 1. The van der Waals surface area contributed by atoms with Crippen molar-refractivity contribution in [2.24, 2.45) is 22.2 Å². The van der Waals surface area contributed by atoms with Crippen LogP contribution in [-0.2, 0) is 4.74 Å². The molecule has 3 aliphatic heterocycles. The fourth-order valence-corrected chi connectivity index (χ4v) is 5.63. The van der Waals surface area contributed by atoms with E-state index in [-0.39, 0.29) is 0 Å². The fourth-order valence-electron chi connectivity index (χ4n) is 5.63. The van der Waals surface area contributed by atoms with Crippen molar-refractivity contribution in [3.8, 4) is 0 Å². The van der Waals surface area contributed by atoms with Gasteiger partial charge in [-0.3, -0.25) is 4.99 Å². The molecule has 39 heavy (non-hydrogen) atoms. The zero-order valence-corrected chi connectivity index (χ0v) is 24.4. The first-order valence-corrected chi connectivity index (χ1v) is 14.4. The average molecular weight is 525 g/mol. The summed E-state index contributed by atoms with van der Waals surface area (Å²) in [6.07, 6.45) is 14.2. The van der Waals surface area contributed by atoms with Crippen LogP contribution in [0.2, 0.25) is 0 Å². The van der Waals surface area contributed by atoms with Gasteiger partial charge in [-0.1, -0.05) is 51.3 Å². The Morgan fingerprint density at radius 1 is 1.28 bits per heavy atom. The molecule has 1 atom stereocenters. The van der Waals surface area contributed by atoms with Crippen molar-refractivity contribution in [2.75, 3.05) is 38.7 Å². The highest BCUT2D eigenvalue weighted by molar-refractivity contribution is 6.03. The molecule has 5 nitrogen and oxygen atoms in total. The summed E-state index contributed by atoms with van der Waals surface area (Å²) in [5.74, 6) is 1.00. The van der Waals surface area contributed by atoms with Gasteiger partial charge in [-0.25, -0.2) is 0 Å². The molecule has 2 saturated heterocycles. The third kappa shape index (κ3) is 5.56. The van der Waals surface area contributed by atoms with Crippen LogP contribution in [0.25, 0.3) is 0 Å². The highest BCUT2D eigenvalue weighted by Gasteiger charge is 2.49. The molecule has 1 N–H and O–H groups in total. The number of rotatable bonds is 10. The zero-order valence-electron chi connectivity index (χ0n) is 24.4. The highest BCUT2D eigenvalue weighted by atomic mass is 16.5. The Morgan fingerprint density at radius 2 is 2.03 bits per heavy atom. The van der Waals surface area contributed by atoms with Gasteiger partial charge in [-0.15, -0.1) is 0 Å². The molecule has 0 bridgehead atoms. The van der Waals surface area contributed by atoms with E-state index in [0.29, 0.717) is 17.3 Å². The summed E-state index contributed by atoms with van der Waals surface area (Å²) in [5, 5.41) is 3.63. The summed E-state index contributed by atoms with van der Waals surface area (Å²) in [7, 11) is 2.08. The fraction of sp³-hybridized carbons (Fsp3) is 0.441.